The van der Waals surface area contributed by atoms with Gasteiger partial charge in [0.25, 0.3) is 0 Å². The van der Waals surface area contributed by atoms with Gasteiger partial charge in [0, 0.05) is 0 Å². The van der Waals surface area contributed by atoms with Crippen LogP contribution in [0.15, 0.2) is 24.3 Å². The number of hydrogen-bond acceptors (Lipinski definition) is 5. The Morgan fingerprint density at radius 1 is 1.43 bits per heavy atom. The fraction of sp³-hybridized carbons (Fsp3) is 0.429. The van der Waals surface area contributed by atoms with E-state index >= 15 is 0 Å². The van der Waals surface area contributed by atoms with Crippen molar-refractivity contribution in [1.29, 1.82) is 0 Å². The van der Waals surface area contributed by atoms with Gasteiger partial charge in [0.2, 0.25) is 5.91 Å². The summed E-state index contributed by atoms with van der Waals surface area (Å²) >= 11 is 0. The number of hydrogen-bond donors (Lipinski definition) is 1. The molecule has 1 atom stereocenters. The Hall–Kier alpha value is -2.45. The lowest BCUT2D eigenvalue weighted by atomic mass is 10.1. The van der Waals surface area contributed by atoms with Crippen LogP contribution < -0.4 is 10.1 Å². The van der Waals surface area contributed by atoms with E-state index in [1.807, 2.05) is 0 Å². The molecule has 0 bridgehead atoms. The van der Waals surface area contributed by atoms with Crippen LogP contribution in [0.25, 0.3) is 0 Å². The maximum atomic E-state index is 13.2. The topological polar surface area (TPSA) is 67.9 Å². The Labute approximate surface area is 130 Å². The van der Waals surface area contributed by atoms with Gasteiger partial charge in [0.1, 0.15) is 18.4 Å². The highest BCUT2D eigenvalue weighted by molar-refractivity contribution is 5.93. The van der Waals surface area contributed by atoms with E-state index < -0.39 is 30.6 Å². The summed E-state index contributed by atoms with van der Waals surface area (Å²) in [5.74, 6) is -0.730. The molecule has 0 aromatic heterocycles. The number of carbonyl (C=O) groups excluding carboxylic acids is 2. The molecule has 2 rings (SSSR count). The summed E-state index contributed by atoms with van der Waals surface area (Å²) in [6.45, 7) is -0.0574. The second-order valence-corrected chi connectivity index (χ2v) is 4.80. The number of benzene rings is 1. The molecule has 23 heavy (non-hydrogen) atoms. The molecule has 0 spiro atoms. The van der Waals surface area contributed by atoms with Crippen LogP contribution in [0.2, 0.25) is 0 Å². The summed E-state index contributed by atoms with van der Waals surface area (Å²) in [6, 6.07) is 3.90. The molecule has 1 aliphatic heterocycles. The highest BCUT2D eigenvalue weighted by atomic mass is 19.4. The van der Waals surface area contributed by atoms with Crippen LogP contribution in [-0.4, -0.2) is 49.4 Å². The van der Waals surface area contributed by atoms with Crippen LogP contribution in [0, 0.1) is 0 Å². The molecular formula is C14H15F3N2O4. The zero-order chi connectivity index (χ0) is 17.0. The minimum atomic E-state index is -4.68. The van der Waals surface area contributed by atoms with E-state index in [1.54, 1.807) is 6.07 Å². The molecule has 1 aromatic rings. The number of rotatable bonds is 5. The Balaban J connectivity index is 2.14. The van der Waals surface area contributed by atoms with Crippen LogP contribution in [-0.2, 0) is 9.53 Å². The minimum Gasteiger partial charge on any atom is -0.495 e. The first-order valence-corrected chi connectivity index (χ1v) is 6.76. The number of nitrogens with zero attached hydrogens (tertiary/aromatic N) is 1. The van der Waals surface area contributed by atoms with E-state index in [0.717, 1.165) is 0 Å². The number of nitrogens with one attached hydrogen (secondary N) is 1. The predicted molar refractivity (Wildman–Crippen MR) is 74.1 cm³/mol. The Bertz CT molecular complexity index is 592. The molecule has 1 fully saturated rings. The van der Waals surface area contributed by atoms with Gasteiger partial charge in [-0.05, 0) is 12.1 Å². The second kappa shape index (κ2) is 6.76. The summed E-state index contributed by atoms with van der Waals surface area (Å²) in [5, 5.41) is 2.26. The Morgan fingerprint density at radius 3 is 2.70 bits per heavy atom. The number of carbonyl (C=O) groups is 2. The molecule has 0 unspecified atom stereocenters. The molecule has 6 nitrogen and oxygen atoms in total. The van der Waals surface area contributed by atoms with E-state index in [2.05, 4.69) is 10.1 Å². The van der Waals surface area contributed by atoms with Gasteiger partial charge in [-0.25, -0.2) is 9.69 Å². The van der Waals surface area contributed by atoms with E-state index in [9.17, 15) is 22.8 Å². The Kier molecular flexibility index (Phi) is 4.97. The minimum absolute atomic E-state index is 0.0127. The van der Waals surface area contributed by atoms with Gasteiger partial charge in [-0.3, -0.25) is 4.79 Å². The zero-order valence-electron chi connectivity index (χ0n) is 12.2. The van der Waals surface area contributed by atoms with E-state index in [4.69, 9.17) is 4.74 Å². The highest BCUT2D eigenvalue weighted by Gasteiger charge is 2.43. The molecule has 1 N–H and O–H groups in total. The van der Waals surface area contributed by atoms with Gasteiger partial charge in [-0.2, -0.15) is 13.2 Å². The number of ether oxygens (including phenoxy) is 2. The van der Waals surface area contributed by atoms with E-state index in [1.165, 1.54) is 25.3 Å². The lowest BCUT2D eigenvalue weighted by molar-refractivity contribution is -0.153. The number of imide groups is 1. The number of cyclic esters (lactones) is 1. The summed E-state index contributed by atoms with van der Waals surface area (Å²) in [7, 11) is 1.33. The van der Waals surface area contributed by atoms with Gasteiger partial charge in [0.05, 0.1) is 25.8 Å². The fourth-order valence-electron chi connectivity index (χ4n) is 2.10. The molecule has 9 heteroatoms. The highest BCUT2D eigenvalue weighted by Crippen LogP contribution is 2.31. The third-order valence-corrected chi connectivity index (χ3v) is 3.27. The number of halogens is 3. The van der Waals surface area contributed by atoms with E-state index in [-0.39, 0.29) is 24.6 Å². The standard InChI is InChI=1S/C14H15F3N2O4/c1-22-10-5-3-2-4-9(10)18-11(14(15,16)17)8-12(20)19-6-7-23-13(19)21/h2-5,11,18H,6-8H2,1H3/t11-/m1/s1. The van der Waals surface area contributed by atoms with Crippen molar-refractivity contribution in [2.45, 2.75) is 18.6 Å². The second-order valence-electron chi connectivity index (χ2n) is 4.80. The lowest BCUT2D eigenvalue weighted by Gasteiger charge is -2.24. The first-order chi connectivity index (χ1) is 10.8. The predicted octanol–water partition coefficient (Wildman–Crippen LogP) is 2.41. The largest absolute Gasteiger partial charge is 0.495 e. The van der Waals surface area contributed by atoms with Crippen molar-refractivity contribution in [1.82, 2.24) is 4.90 Å². The van der Waals surface area contributed by atoms with Crippen molar-refractivity contribution in [3.8, 4) is 5.75 Å². The van der Waals surface area contributed by atoms with Crippen LogP contribution in [0.3, 0.4) is 0 Å². The van der Waals surface area contributed by atoms with Crippen molar-refractivity contribution in [3.05, 3.63) is 24.3 Å². The van der Waals surface area contributed by atoms with Crippen molar-refractivity contribution in [3.63, 3.8) is 0 Å². The van der Waals surface area contributed by atoms with Gasteiger partial charge in [0.15, 0.2) is 0 Å². The fourth-order valence-corrected chi connectivity index (χ4v) is 2.10. The molecule has 1 aliphatic rings. The first-order valence-electron chi connectivity index (χ1n) is 6.76. The van der Waals surface area contributed by atoms with Crippen molar-refractivity contribution in [2.75, 3.05) is 25.6 Å². The van der Waals surface area contributed by atoms with Crippen LogP contribution >= 0.6 is 0 Å². The monoisotopic (exact) mass is 332 g/mol. The molecular weight excluding hydrogens is 317 g/mol. The maximum absolute atomic E-state index is 13.2. The zero-order valence-corrected chi connectivity index (χ0v) is 12.2. The SMILES string of the molecule is COc1ccccc1N[C@H](CC(=O)N1CCOC1=O)C(F)(F)F. The van der Waals surface area contributed by atoms with Crippen molar-refractivity contribution < 1.29 is 32.2 Å². The number of amides is 2. The molecule has 1 aromatic carbocycles. The number of para-hydroxylation sites is 2. The smallest absolute Gasteiger partial charge is 0.416 e. The van der Waals surface area contributed by atoms with Crippen LogP contribution in [0.4, 0.5) is 23.7 Å². The summed E-state index contributed by atoms with van der Waals surface area (Å²) < 4.78 is 49.1. The molecule has 0 saturated carbocycles. The van der Waals surface area contributed by atoms with Crippen LogP contribution in [0.5, 0.6) is 5.75 Å². The van der Waals surface area contributed by atoms with Gasteiger partial charge >= 0.3 is 12.3 Å². The average molecular weight is 332 g/mol. The third-order valence-electron chi connectivity index (χ3n) is 3.27. The lowest BCUT2D eigenvalue weighted by Crippen LogP contribution is -2.42. The van der Waals surface area contributed by atoms with E-state index in [0.29, 0.717) is 4.90 Å². The Morgan fingerprint density at radius 2 is 2.13 bits per heavy atom. The van der Waals surface area contributed by atoms with Gasteiger partial charge in [-0.15, -0.1) is 0 Å². The normalized spacial score (nSPS) is 16.0. The first kappa shape index (κ1) is 16.9. The van der Waals surface area contributed by atoms with Gasteiger partial charge < -0.3 is 14.8 Å². The quantitative estimate of drug-likeness (QED) is 0.897. The molecule has 0 radical (unpaired) electrons. The average Bonchev–Trinajstić information content (AvgIpc) is 2.92. The van der Waals surface area contributed by atoms with Gasteiger partial charge in [-0.1, -0.05) is 12.1 Å². The molecule has 1 saturated heterocycles. The molecule has 126 valence electrons. The number of anilines is 1. The summed E-state index contributed by atoms with van der Waals surface area (Å²) in [4.78, 5) is 23.8. The number of alkyl halides is 3. The molecule has 2 amide bonds. The van der Waals surface area contributed by atoms with Crippen molar-refractivity contribution >= 4 is 17.7 Å². The third kappa shape index (κ3) is 4.05. The van der Waals surface area contributed by atoms with Crippen molar-refractivity contribution in [2.24, 2.45) is 0 Å². The molecule has 0 aliphatic carbocycles. The van der Waals surface area contributed by atoms with Crippen LogP contribution in [0.1, 0.15) is 6.42 Å². The molecule has 1 heterocycles. The summed E-state index contributed by atoms with van der Waals surface area (Å²) in [6.07, 6.45) is -6.52. The summed E-state index contributed by atoms with van der Waals surface area (Å²) in [5.41, 5.74) is 0.106. The number of methoxy groups -OCH3 is 1. The maximum Gasteiger partial charge on any atom is 0.416 e.